The first-order valence-electron chi connectivity index (χ1n) is 9.05. The lowest BCUT2D eigenvalue weighted by Gasteiger charge is -2.38. The van der Waals surface area contributed by atoms with Crippen molar-refractivity contribution < 1.29 is 28.8 Å². The van der Waals surface area contributed by atoms with E-state index < -0.39 is 12.2 Å². The molecule has 2 atom stereocenters. The van der Waals surface area contributed by atoms with Crippen molar-refractivity contribution in [1.29, 1.82) is 0 Å². The largest absolute Gasteiger partial charge is 0.493 e. The van der Waals surface area contributed by atoms with Gasteiger partial charge in [-0.1, -0.05) is 0 Å². The van der Waals surface area contributed by atoms with Gasteiger partial charge in [-0.05, 0) is 31.4 Å². The molecule has 0 aliphatic carbocycles. The molecule has 2 saturated heterocycles. The maximum Gasteiger partial charge on any atom is 0.225 e. The van der Waals surface area contributed by atoms with Gasteiger partial charge < -0.3 is 29.0 Å². The van der Waals surface area contributed by atoms with Crippen LogP contribution in [0.1, 0.15) is 19.3 Å². The molecule has 0 spiro atoms. The third kappa shape index (κ3) is 4.22. The van der Waals surface area contributed by atoms with E-state index in [4.69, 9.17) is 18.9 Å². The Morgan fingerprint density at radius 1 is 1.15 bits per heavy atom. The van der Waals surface area contributed by atoms with Crippen molar-refractivity contribution in [1.82, 2.24) is 4.90 Å². The Hall–Kier alpha value is -1.99. The van der Waals surface area contributed by atoms with E-state index in [0.29, 0.717) is 50.0 Å². The van der Waals surface area contributed by atoms with Gasteiger partial charge in [0.15, 0.2) is 11.5 Å². The van der Waals surface area contributed by atoms with E-state index in [0.717, 1.165) is 12.8 Å². The number of likely N-dealkylation sites (tertiary alicyclic amines) is 1. The van der Waals surface area contributed by atoms with Gasteiger partial charge in [-0.25, -0.2) is 0 Å². The van der Waals surface area contributed by atoms with E-state index in [9.17, 15) is 9.90 Å². The van der Waals surface area contributed by atoms with Crippen LogP contribution in [0.3, 0.4) is 0 Å². The summed E-state index contributed by atoms with van der Waals surface area (Å²) in [5.74, 6) is 1.90. The number of carbonyl (C=O) groups excluding carboxylic acids is 1. The molecule has 0 aromatic heterocycles. The molecule has 2 aliphatic heterocycles. The quantitative estimate of drug-likeness (QED) is 0.852. The molecule has 1 aromatic rings. The first-order chi connectivity index (χ1) is 12.6. The highest BCUT2D eigenvalue weighted by atomic mass is 16.5. The van der Waals surface area contributed by atoms with Crippen molar-refractivity contribution in [2.75, 3.05) is 40.5 Å². The number of ether oxygens (including phenoxy) is 4. The summed E-state index contributed by atoms with van der Waals surface area (Å²) >= 11 is 0. The fourth-order valence-corrected chi connectivity index (χ4v) is 3.49. The zero-order valence-corrected chi connectivity index (χ0v) is 15.3. The number of rotatable bonds is 5. The van der Waals surface area contributed by atoms with Crippen molar-refractivity contribution in [3.05, 3.63) is 18.2 Å². The van der Waals surface area contributed by atoms with Crippen molar-refractivity contribution in [3.8, 4) is 17.2 Å². The van der Waals surface area contributed by atoms with E-state index in [-0.39, 0.29) is 11.8 Å². The second-order valence-electron chi connectivity index (χ2n) is 6.70. The number of hydrogen-bond donors (Lipinski definition) is 1. The number of piperidine rings is 1. The van der Waals surface area contributed by atoms with Crippen LogP contribution in [0, 0.1) is 5.92 Å². The van der Waals surface area contributed by atoms with Gasteiger partial charge in [0.2, 0.25) is 5.91 Å². The minimum atomic E-state index is -0.609. The van der Waals surface area contributed by atoms with Crippen molar-refractivity contribution in [2.24, 2.45) is 5.92 Å². The standard InChI is InChI=1S/C19H27NO6/c1-23-16-4-3-14(11-17(16)24-2)26-18-12-20(8-5-15(18)21)19(22)13-6-9-25-10-7-13/h3-4,11,13,15,18,21H,5-10,12H2,1-2H3/t15-,18-/m1/s1. The number of hydrogen-bond acceptors (Lipinski definition) is 6. The fraction of sp³-hybridized carbons (Fsp3) is 0.632. The molecule has 7 nitrogen and oxygen atoms in total. The number of aliphatic hydroxyl groups excluding tert-OH is 1. The van der Waals surface area contributed by atoms with Gasteiger partial charge in [-0.3, -0.25) is 4.79 Å². The third-order valence-corrected chi connectivity index (χ3v) is 5.05. The summed E-state index contributed by atoms with van der Waals surface area (Å²) in [5, 5.41) is 10.3. The summed E-state index contributed by atoms with van der Waals surface area (Å²) < 4.78 is 21.8. The Morgan fingerprint density at radius 3 is 2.58 bits per heavy atom. The molecule has 2 aliphatic rings. The zero-order chi connectivity index (χ0) is 18.5. The lowest BCUT2D eigenvalue weighted by molar-refractivity contribution is -0.144. The van der Waals surface area contributed by atoms with Gasteiger partial charge in [-0.2, -0.15) is 0 Å². The van der Waals surface area contributed by atoms with Crippen LogP contribution in [0.15, 0.2) is 18.2 Å². The van der Waals surface area contributed by atoms with Crippen molar-refractivity contribution in [2.45, 2.75) is 31.5 Å². The van der Waals surface area contributed by atoms with Crippen LogP contribution in [0.25, 0.3) is 0 Å². The van der Waals surface area contributed by atoms with Gasteiger partial charge in [0.1, 0.15) is 11.9 Å². The molecular formula is C19H27NO6. The second kappa shape index (κ2) is 8.60. The second-order valence-corrected chi connectivity index (χ2v) is 6.70. The normalized spacial score (nSPS) is 24.2. The van der Waals surface area contributed by atoms with Gasteiger partial charge in [0, 0.05) is 31.7 Å². The SMILES string of the molecule is COc1ccc(O[C@@H]2CN(C(=O)C3CCOCC3)CC[C@H]2O)cc1OC. The van der Waals surface area contributed by atoms with Crippen LogP contribution in [-0.2, 0) is 9.53 Å². The van der Waals surface area contributed by atoms with Crippen molar-refractivity contribution >= 4 is 5.91 Å². The fourth-order valence-electron chi connectivity index (χ4n) is 3.49. The topological polar surface area (TPSA) is 77.5 Å². The van der Waals surface area contributed by atoms with Gasteiger partial charge in [0.25, 0.3) is 0 Å². The molecule has 0 radical (unpaired) electrons. The summed E-state index contributed by atoms with van der Waals surface area (Å²) in [6, 6.07) is 5.26. The Bertz CT molecular complexity index is 616. The van der Waals surface area contributed by atoms with Crippen LogP contribution in [-0.4, -0.2) is 68.6 Å². The van der Waals surface area contributed by atoms with Gasteiger partial charge >= 0.3 is 0 Å². The predicted octanol–water partition coefficient (Wildman–Crippen LogP) is 1.47. The third-order valence-electron chi connectivity index (χ3n) is 5.05. The zero-order valence-electron chi connectivity index (χ0n) is 15.3. The Morgan fingerprint density at radius 2 is 1.88 bits per heavy atom. The number of nitrogens with zero attached hydrogens (tertiary/aromatic N) is 1. The molecule has 2 fully saturated rings. The molecule has 1 aromatic carbocycles. The molecule has 0 saturated carbocycles. The van der Waals surface area contributed by atoms with E-state index >= 15 is 0 Å². The van der Waals surface area contributed by atoms with Crippen LogP contribution in [0.4, 0.5) is 0 Å². The molecule has 2 heterocycles. The number of aliphatic hydroxyl groups is 1. The van der Waals surface area contributed by atoms with E-state index in [1.54, 1.807) is 32.4 Å². The highest BCUT2D eigenvalue weighted by Crippen LogP contribution is 2.32. The lowest BCUT2D eigenvalue weighted by Crippen LogP contribution is -2.53. The van der Waals surface area contributed by atoms with Crippen LogP contribution >= 0.6 is 0 Å². The maximum atomic E-state index is 12.7. The average molecular weight is 365 g/mol. The Labute approximate surface area is 153 Å². The first kappa shape index (κ1) is 18.8. The predicted molar refractivity (Wildman–Crippen MR) is 94.7 cm³/mol. The summed E-state index contributed by atoms with van der Waals surface area (Å²) in [6.45, 7) is 2.21. The highest BCUT2D eigenvalue weighted by Gasteiger charge is 2.35. The smallest absolute Gasteiger partial charge is 0.225 e. The molecule has 7 heteroatoms. The molecule has 1 N–H and O–H groups in total. The van der Waals surface area contributed by atoms with E-state index in [1.807, 2.05) is 4.90 Å². The van der Waals surface area contributed by atoms with E-state index in [1.165, 1.54) is 0 Å². The summed E-state index contributed by atoms with van der Waals surface area (Å²) in [7, 11) is 3.13. The molecule has 26 heavy (non-hydrogen) atoms. The molecular weight excluding hydrogens is 338 g/mol. The minimum absolute atomic E-state index is 0.0146. The van der Waals surface area contributed by atoms with Gasteiger partial charge in [-0.15, -0.1) is 0 Å². The van der Waals surface area contributed by atoms with Crippen LogP contribution in [0.5, 0.6) is 17.2 Å². The monoisotopic (exact) mass is 365 g/mol. The molecule has 0 unspecified atom stereocenters. The lowest BCUT2D eigenvalue weighted by atomic mass is 9.96. The highest BCUT2D eigenvalue weighted by molar-refractivity contribution is 5.79. The molecule has 0 bridgehead atoms. The number of benzene rings is 1. The summed E-state index contributed by atoms with van der Waals surface area (Å²) in [6.07, 6.45) is 0.956. The Balaban J connectivity index is 1.66. The van der Waals surface area contributed by atoms with Crippen molar-refractivity contribution in [3.63, 3.8) is 0 Å². The number of carbonyl (C=O) groups is 1. The molecule has 144 valence electrons. The average Bonchev–Trinajstić information content (AvgIpc) is 2.69. The molecule has 3 rings (SSSR count). The van der Waals surface area contributed by atoms with E-state index in [2.05, 4.69) is 0 Å². The number of amides is 1. The number of methoxy groups -OCH3 is 2. The first-order valence-corrected chi connectivity index (χ1v) is 9.05. The maximum absolute atomic E-state index is 12.7. The van der Waals surface area contributed by atoms with Gasteiger partial charge in [0.05, 0.1) is 26.9 Å². The Kier molecular flexibility index (Phi) is 6.21. The summed E-state index contributed by atoms with van der Waals surface area (Å²) in [5.41, 5.74) is 0. The van der Waals surface area contributed by atoms with Crippen LogP contribution in [0.2, 0.25) is 0 Å². The summed E-state index contributed by atoms with van der Waals surface area (Å²) in [4.78, 5) is 14.6. The molecule has 1 amide bonds. The van der Waals surface area contributed by atoms with Crippen LogP contribution < -0.4 is 14.2 Å². The minimum Gasteiger partial charge on any atom is -0.493 e.